The minimum atomic E-state index is -5.25. The molecule has 0 amide bonds. The molecule has 1 heterocycles. The molecule has 4 aromatic rings. The second-order valence-electron chi connectivity index (χ2n) is 11.8. The fourth-order valence-electron chi connectivity index (χ4n) is 5.19. The van der Waals surface area contributed by atoms with Gasteiger partial charge in [-0.1, -0.05) is 90.6 Å². The summed E-state index contributed by atoms with van der Waals surface area (Å²) in [5, 5.41) is 20.6. The van der Waals surface area contributed by atoms with E-state index >= 15 is 0 Å². The van der Waals surface area contributed by atoms with Crippen molar-refractivity contribution in [2.24, 2.45) is 17.3 Å². The Labute approximate surface area is 325 Å². The number of nitriles is 2. The predicted molar refractivity (Wildman–Crippen MR) is 188 cm³/mol. The van der Waals surface area contributed by atoms with Crippen molar-refractivity contribution < 1.29 is 44.8 Å². The van der Waals surface area contributed by atoms with Crippen LogP contribution < -0.4 is 10.5 Å². The van der Waals surface area contributed by atoms with Gasteiger partial charge < -0.3 is 15.2 Å². The van der Waals surface area contributed by atoms with E-state index in [9.17, 15) is 40.6 Å². The normalized spacial score (nSPS) is 17.1. The van der Waals surface area contributed by atoms with Crippen molar-refractivity contribution >= 4 is 69.0 Å². The molecule has 0 radical (unpaired) electrons. The number of allylic oxidation sites excluding steroid dienone is 1. The molecular formula is C34H23Cl4F6N5O4S. The van der Waals surface area contributed by atoms with E-state index in [1.54, 1.807) is 30.3 Å². The molecule has 9 nitrogen and oxygen atoms in total. The lowest BCUT2D eigenvalue weighted by molar-refractivity contribution is -0.149. The molecule has 54 heavy (non-hydrogen) atoms. The molecule has 1 aromatic heterocycles. The van der Waals surface area contributed by atoms with Crippen LogP contribution in [0.5, 0.6) is 11.5 Å². The number of hydrogen-bond donors (Lipinski definition) is 1. The standard InChI is InChI=1S/C22H19Cl2NO3.C12H4Cl2F6N4OS/c1-22(2)17(12-19(23)24)20(22)21(26)28-18(13-25)14-7-6-10-16(11-14)27-15-8-4-3-5-9-15;13-5-1-4(11(15,16)17)2-6(14)8(5)24-10(22)9(7(3-21)23-24)26(25)12(18,19)20/h3-12,17-18,20H,1-2H3;1-2H,22H2. The van der Waals surface area contributed by atoms with Gasteiger partial charge in [0, 0.05) is 5.56 Å². The number of nitrogens with two attached hydrogens (primary N) is 1. The summed E-state index contributed by atoms with van der Waals surface area (Å²) in [6, 6.07) is 20.5. The van der Waals surface area contributed by atoms with Crippen molar-refractivity contribution in [1.29, 1.82) is 10.5 Å². The van der Waals surface area contributed by atoms with Crippen LogP contribution in [0.4, 0.5) is 32.2 Å². The van der Waals surface area contributed by atoms with E-state index in [1.807, 2.05) is 50.2 Å². The summed E-state index contributed by atoms with van der Waals surface area (Å²) < 4.78 is 99.7. The number of alkyl halides is 6. The Morgan fingerprint density at radius 2 is 1.59 bits per heavy atom. The molecule has 5 rings (SSSR count). The number of carbonyl (C=O) groups excluding carboxylic acids is 1. The van der Waals surface area contributed by atoms with Gasteiger partial charge in [-0.05, 0) is 53.8 Å². The topological polar surface area (TPSA) is 144 Å². The van der Waals surface area contributed by atoms with E-state index in [4.69, 9.17) is 66.9 Å². The lowest BCUT2D eigenvalue weighted by atomic mass is 10.1. The first-order valence-corrected chi connectivity index (χ1v) is 17.6. The fourth-order valence-corrected chi connectivity index (χ4v) is 6.88. The van der Waals surface area contributed by atoms with Crippen LogP contribution in [0.25, 0.3) is 5.69 Å². The van der Waals surface area contributed by atoms with Crippen LogP contribution in [0.15, 0.2) is 82.2 Å². The molecule has 20 heteroatoms. The number of aromatic nitrogens is 2. The van der Waals surface area contributed by atoms with E-state index in [2.05, 4.69) is 5.10 Å². The summed E-state index contributed by atoms with van der Waals surface area (Å²) >= 11 is 22.9. The Bertz CT molecular complexity index is 2170. The van der Waals surface area contributed by atoms with E-state index in [-0.39, 0.29) is 21.7 Å². The smallest absolute Gasteiger partial charge is 0.457 e. The number of rotatable bonds is 8. The SMILES string of the molecule is CC1(C)C(C=C(Cl)Cl)C1C(=O)OC(C#N)c1cccc(Oc2ccccc2)c1.N#Cc1nn(-c2c(Cl)cc(C(F)(F)F)cc2Cl)c(N)c1S(=O)C(F)(F)F. The summed E-state index contributed by atoms with van der Waals surface area (Å²) in [6.07, 6.45) is -4.17. The third-order valence-corrected chi connectivity index (χ3v) is 9.92. The maximum Gasteiger partial charge on any atom is 0.476 e. The molecule has 2 N–H and O–H groups in total. The molecule has 1 fully saturated rings. The molecule has 0 aliphatic heterocycles. The van der Waals surface area contributed by atoms with Crippen molar-refractivity contribution in [3.05, 3.63) is 104 Å². The van der Waals surface area contributed by atoms with E-state index < -0.39 is 72.3 Å². The molecule has 1 aliphatic rings. The van der Waals surface area contributed by atoms with Gasteiger partial charge in [0.15, 0.2) is 16.5 Å². The summed E-state index contributed by atoms with van der Waals surface area (Å²) in [4.78, 5) is 11.5. The molecule has 1 saturated carbocycles. The summed E-state index contributed by atoms with van der Waals surface area (Å²) in [5.74, 6) is -0.613. The van der Waals surface area contributed by atoms with Gasteiger partial charge >= 0.3 is 17.7 Å². The molecule has 4 unspecified atom stereocenters. The maximum absolute atomic E-state index is 12.7. The second-order valence-corrected chi connectivity index (χ2v) is 15.0. The highest BCUT2D eigenvalue weighted by molar-refractivity contribution is 7.86. The van der Waals surface area contributed by atoms with Crippen molar-refractivity contribution in [3.8, 4) is 29.3 Å². The molecule has 0 bridgehead atoms. The largest absolute Gasteiger partial charge is 0.476 e. The number of ether oxygens (including phenoxy) is 2. The number of anilines is 1. The zero-order valence-corrected chi connectivity index (χ0v) is 31.2. The average molecular weight is 853 g/mol. The van der Waals surface area contributed by atoms with Crippen molar-refractivity contribution in [3.63, 3.8) is 0 Å². The molecule has 284 valence electrons. The number of carbonyl (C=O) groups is 1. The number of hydrogen-bond acceptors (Lipinski definition) is 8. The highest BCUT2D eigenvalue weighted by atomic mass is 35.5. The number of halogens is 10. The third-order valence-electron chi connectivity index (χ3n) is 7.89. The minimum absolute atomic E-state index is 0.114. The predicted octanol–water partition coefficient (Wildman–Crippen LogP) is 10.5. The van der Waals surface area contributed by atoms with Crippen LogP contribution in [0, 0.1) is 39.9 Å². The molecule has 1 aliphatic carbocycles. The molecule has 0 saturated heterocycles. The van der Waals surface area contributed by atoms with Crippen LogP contribution >= 0.6 is 46.4 Å². The van der Waals surface area contributed by atoms with Crippen molar-refractivity contribution in [1.82, 2.24) is 9.78 Å². The maximum atomic E-state index is 12.7. The van der Waals surface area contributed by atoms with Gasteiger partial charge in [-0.3, -0.25) is 4.79 Å². The van der Waals surface area contributed by atoms with Gasteiger partial charge in [0.1, 0.15) is 44.5 Å². The Hall–Kier alpha value is -4.45. The Morgan fingerprint density at radius 1 is 1.00 bits per heavy atom. The van der Waals surface area contributed by atoms with Gasteiger partial charge in [0.25, 0.3) is 0 Å². The lowest BCUT2D eigenvalue weighted by Crippen LogP contribution is -2.18. The molecule has 0 spiro atoms. The summed E-state index contributed by atoms with van der Waals surface area (Å²) in [7, 11) is -3.71. The Kier molecular flexibility index (Phi) is 12.9. The first kappa shape index (κ1) is 42.3. The summed E-state index contributed by atoms with van der Waals surface area (Å²) in [5.41, 5.74) is -2.19. The van der Waals surface area contributed by atoms with Gasteiger partial charge in [-0.2, -0.15) is 42.0 Å². The van der Waals surface area contributed by atoms with Gasteiger partial charge in [-0.25, -0.2) is 8.89 Å². The van der Waals surface area contributed by atoms with Crippen LogP contribution in [-0.2, 0) is 26.5 Å². The Balaban J connectivity index is 0.000000241. The number of nitrogens with zero attached hydrogens (tertiary/aromatic N) is 4. The zero-order valence-electron chi connectivity index (χ0n) is 27.3. The van der Waals surface area contributed by atoms with Crippen molar-refractivity contribution in [2.75, 3.05) is 5.73 Å². The quantitative estimate of drug-likeness (QED) is 0.136. The average Bonchev–Trinajstić information content (AvgIpc) is 3.46. The minimum Gasteiger partial charge on any atom is -0.457 e. The van der Waals surface area contributed by atoms with Gasteiger partial charge in [0.05, 0.1) is 21.5 Å². The van der Waals surface area contributed by atoms with Crippen molar-refractivity contribution in [2.45, 2.75) is 36.5 Å². The van der Waals surface area contributed by atoms with E-state index in [0.717, 1.165) is 0 Å². The first-order valence-electron chi connectivity index (χ1n) is 14.9. The van der Waals surface area contributed by atoms with E-state index in [1.165, 1.54) is 6.07 Å². The monoisotopic (exact) mass is 851 g/mol. The fraction of sp³-hybridized carbons (Fsp3) is 0.235. The Morgan fingerprint density at radius 3 is 2.11 bits per heavy atom. The highest BCUT2D eigenvalue weighted by Crippen LogP contribution is 2.60. The lowest BCUT2D eigenvalue weighted by Gasteiger charge is -2.13. The molecule has 3 aromatic carbocycles. The number of benzene rings is 3. The van der Waals surface area contributed by atoms with Crippen LogP contribution in [0.1, 0.15) is 36.8 Å². The highest BCUT2D eigenvalue weighted by Gasteiger charge is 2.62. The van der Waals surface area contributed by atoms with E-state index in [0.29, 0.717) is 33.9 Å². The summed E-state index contributed by atoms with van der Waals surface area (Å²) in [6.45, 7) is 3.87. The molecular weight excluding hydrogens is 830 g/mol. The van der Waals surface area contributed by atoms with Gasteiger partial charge in [0.2, 0.25) is 6.10 Å². The number of para-hydroxylation sites is 1. The molecule has 4 atom stereocenters. The third kappa shape index (κ3) is 9.61. The van der Waals surface area contributed by atoms with Gasteiger partial charge in [-0.15, -0.1) is 0 Å². The van der Waals surface area contributed by atoms with Crippen LogP contribution in [0.3, 0.4) is 0 Å². The zero-order chi connectivity index (χ0) is 40.3. The van der Waals surface area contributed by atoms with Crippen LogP contribution in [-0.4, -0.2) is 25.5 Å². The number of esters is 1. The first-order chi connectivity index (χ1) is 25.1. The number of nitrogen functional groups attached to an aromatic ring is 1. The van der Waals surface area contributed by atoms with Crippen LogP contribution in [0.2, 0.25) is 10.0 Å². The second kappa shape index (κ2) is 16.5.